The van der Waals surface area contributed by atoms with Gasteiger partial charge in [-0.2, -0.15) is 10.1 Å². The maximum atomic E-state index is 12.1. The van der Waals surface area contributed by atoms with E-state index in [-0.39, 0.29) is 5.91 Å². The van der Waals surface area contributed by atoms with Gasteiger partial charge in [-0.05, 0) is 13.0 Å². The molecule has 0 unspecified atom stereocenters. The Kier molecular flexibility index (Phi) is 3.07. The van der Waals surface area contributed by atoms with Crippen LogP contribution in [0.1, 0.15) is 15.5 Å². The Morgan fingerprint density at radius 3 is 3.00 bits per heavy atom. The van der Waals surface area contributed by atoms with E-state index in [2.05, 4.69) is 25.5 Å². The van der Waals surface area contributed by atoms with Gasteiger partial charge in [0.05, 0.1) is 10.7 Å². The molecule has 3 rings (SSSR count). The van der Waals surface area contributed by atoms with Gasteiger partial charge in [0.15, 0.2) is 0 Å². The minimum absolute atomic E-state index is 0.248. The van der Waals surface area contributed by atoms with Gasteiger partial charge in [-0.15, -0.1) is 11.3 Å². The first-order valence-electron chi connectivity index (χ1n) is 5.89. The number of aryl methyl sites for hydroxylation is 2. The van der Waals surface area contributed by atoms with Crippen LogP contribution in [0.15, 0.2) is 24.0 Å². The van der Waals surface area contributed by atoms with Gasteiger partial charge in [-0.25, -0.2) is 10.1 Å². The van der Waals surface area contributed by atoms with Crippen molar-refractivity contribution in [3.8, 4) is 11.3 Å². The third-order valence-electron chi connectivity index (χ3n) is 2.80. The normalized spacial score (nSPS) is 10.7. The highest BCUT2D eigenvalue weighted by molar-refractivity contribution is 7.09. The van der Waals surface area contributed by atoms with Crippen molar-refractivity contribution in [1.29, 1.82) is 0 Å². The standard InChI is InChI=1S/C12H12N6OS/c1-7-15-9(5-20-7)8-3-10(18(2)4-8)11(19)16-12-13-6-14-17-12/h3-6H,1-2H3,(H2,13,14,16,17,19). The SMILES string of the molecule is Cc1nc(-c2cc(C(=O)Nc3ncn[nH]3)n(C)c2)cs1. The van der Waals surface area contributed by atoms with Gasteiger partial charge in [-0.3, -0.25) is 10.1 Å². The van der Waals surface area contributed by atoms with Crippen LogP contribution < -0.4 is 5.32 Å². The maximum Gasteiger partial charge on any atom is 0.274 e. The molecule has 0 radical (unpaired) electrons. The molecule has 0 saturated carbocycles. The molecule has 0 atom stereocenters. The molecule has 1 amide bonds. The van der Waals surface area contributed by atoms with Crippen LogP contribution in [0.25, 0.3) is 11.3 Å². The summed E-state index contributed by atoms with van der Waals surface area (Å²) in [5.74, 6) is 0.0738. The van der Waals surface area contributed by atoms with Gasteiger partial charge in [0.25, 0.3) is 5.91 Å². The molecule has 0 aliphatic rings. The van der Waals surface area contributed by atoms with Crippen LogP contribution in [-0.4, -0.2) is 30.6 Å². The topological polar surface area (TPSA) is 88.5 Å². The smallest absolute Gasteiger partial charge is 0.274 e. The van der Waals surface area contributed by atoms with Crippen LogP contribution in [0.5, 0.6) is 0 Å². The predicted molar refractivity (Wildman–Crippen MR) is 75.6 cm³/mol. The lowest BCUT2D eigenvalue weighted by Crippen LogP contribution is -2.16. The second-order valence-electron chi connectivity index (χ2n) is 4.26. The largest absolute Gasteiger partial charge is 0.346 e. The lowest BCUT2D eigenvalue weighted by atomic mass is 10.2. The van der Waals surface area contributed by atoms with Crippen LogP contribution in [0.4, 0.5) is 5.95 Å². The van der Waals surface area contributed by atoms with Gasteiger partial charge < -0.3 is 4.57 Å². The Hall–Kier alpha value is -2.48. The van der Waals surface area contributed by atoms with Crippen LogP contribution in [0.2, 0.25) is 0 Å². The van der Waals surface area contributed by atoms with Gasteiger partial charge >= 0.3 is 0 Å². The van der Waals surface area contributed by atoms with E-state index in [0.29, 0.717) is 11.6 Å². The number of rotatable bonds is 3. The lowest BCUT2D eigenvalue weighted by Gasteiger charge is -2.01. The van der Waals surface area contributed by atoms with E-state index in [1.165, 1.54) is 6.33 Å². The first-order chi connectivity index (χ1) is 9.63. The third kappa shape index (κ3) is 2.32. The van der Waals surface area contributed by atoms with Crippen molar-refractivity contribution >= 4 is 23.2 Å². The highest BCUT2D eigenvalue weighted by Crippen LogP contribution is 2.23. The van der Waals surface area contributed by atoms with Crippen LogP contribution in [0, 0.1) is 6.92 Å². The second kappa shape index (κ2) is 4.89. The number of hydrogen-bond donors (Lipinski definition) is 2. The fourth-order valence-electron chi connectivity index (χ4n) is 1.86. The molecule has 0 saturated heterocycles. The molecule has 3 aromatic rings. The summed E-state index contributed by atoms with van der Waals surface area (Å²) in [5, 5.41) is 11.9. The van der Waals surface area contributed by atoms with E-state index in [0.717, 1.165) is 16.3 Å². The number of thiazole rings is 1. The second-order valence-corrected chi connectivity index (χ2v) is 5.33. The van der Waals surface area contributed by atoms with E-state index in [4.69, 9.17) is 0 Å². The number of amides is 1. The average Bonchev–Trinajstić information content (AvgIpc) is 3.10. The number of nitrogens with one attached hydrogen (secondary N) is 2. The van der Waals surface area contributed by atoms with Gasteiger partial charge in [0.1, 0.15) is 12.0 Å². The van der Waals surface area contributed by atoms with Crippen LogP contribution in [0.3, 0.4) is 0 Å². The van der Waals surface area contributed by atoms with Gasteiger partial charge in [-0.1, -0.05) is 0 Å². The number of aromatic amines is 1. The first-order valence-corrected chi connectivity index (χ1v) is 6.77. The molecule has 0 aliphatic heterocycles. The molecular weight excluding hydrogens is 276 g/mol. The fraction of sp³-hybridized carbons (Fsp3) is 0.167. The Balaban J connectivity index is 1.87. The number of carbonyl (C=O) groups excluding carboxylic acids is 1. The summed E-state index contributed by atoms with van der Waals surface area (Å²) in [5.41, 5.74) is 2.32. The van der Waals surface area contributed by atoms with E-state index in [1.807, 2.05) is 25.5 Å². The number of hydrogen-bond acceptors (Lipinski definition) is 5. The molecule has 0 bridgehead atoms. The Morgan fingerprint density at radius 2 is 2.35 bits per heavy atom. The minimum atomic E-state index is -0.248. The highest BCUT2D eigenvalue weighted by atomic mass is 32.1. The highest BCUT2D eigenvalue weighted by Gasteiger charge is 2.15. The van der Waals surface area contributed by atoms with Crippen molar-refractivity contribution in [2.75, 3.05) is 5.32 Å². The maximum absolute atomic E-state index is 12.1. The zero-order valence-corrected chi connectivity index (χ0v) is 11.7. The third-order valence-corrected chi connectivity index (χ3v) is 3.57. The van der Waals surface area contributed by atoms with E-state index in [1.54, 1.807) is 22.0 Å². The minimum Gasteiger partial charge on any atom is -0.346 e. The summed E-state index contributed by atoms with van der Waals surface area (Å²) < 4.78 is 1.76. The Morgan fingerprint density at radius 1 is 1.50 bits per heavy atom. The summed E-state index contributed by atoms with van der Waals surface area (Å²) in [6, 6.07) is 1.81. The summed E-state index contributed by atoms with van der Waals surface area (Å²) >= 11 is 1.58. The van der Waals surface area contributed by atoms with Gasteiger partial charge in [0, 0.05) is 24.2 Å². The molecule has 0 spiro atoms. The summed E-state index contributed by atoms with van der Waals surface area (Å²) in [6.45, 7) is 1.95. The number of H-pyrrole nitrogens is 1. The van der Waals surface area contributed by atoms with Crippen molar-refractivity contribution in [2.24, 2.45) is 7.05 Å². The number of anilines is 1. The molecule has 0 aromatic carbocycles. The molecule has 0 fully saturated rings. The molecule has 0 aliphatic carbocycles. The van der Waals surface area contributed by atoms with Gasteiger partial charge in [0.2, 0.25) is 5.95 Å². The van der Waals surface area contributed by atoms with E-state index in [9.17, 15) is 4.79 Å². The number of carbonyl (C=O) groups is 1. The van der Waals surface area contributed by atoms with Crippen molar-refractivity contribution in [3.05, 3.63) is 34.7 Å². The number of nitrogens with zero attached hydrogens (tertiary/aromatic N) is 4. The molecule has 3 heterocycles. The van der Waals surface area contributed by atoms with Crippen LogP contribution >= 0.6 is 11.3 Å². The Labute approximate surface area is 118 Å². The fourth-order valence-corrected chi connectivity index (χ4v) is 2.49. The molecule has 8 heteroatoms. The average molecular weight is 288 g/mol. The molecular formula is C12H12N6OS. The zero-order valence-electron chi connectivity index (χ0n) is 10.9. The summed E-state index contributed by atoms with van der Waals surface area (Å²) in [7, 11) is 1.82. The number of aromatic nitrogens is 5. The molecule has 3 aromatic heterocycles. The van der Waals surface area contributed by atoms with E-state index < -0.39 is 0 Å². The quantitative estimate of drug-likeness (QED) is 0.769. The first kappa shape index (κ1) is 12.5. The van der Waals surface area contributed by atoms with Crippen molar-refractivity contribution in [1.82, 2.24) is 24.7 Å². The summed E-state index contributed by atoms with van der Waals surface area (Å²) in [6.07, 6.45) is 3.22. The molecule has 2 N–H and O–H groups in total. The van der Waals surface area contributed by atoms with Crippen molar-refractivity contribution < 1.29 is 4.79 Å². The molecule has 7 nitrogen and oxygen atoms in total. The van der Waals surface area contributed by atoms with E-state index >= 15 is 0 Å². The molecule has 20 heavy (non-hydrogen) atoms. The van der Waals surface area contributed by atoms with Crippen molar-refractivity contribution in [3.63, 3.8) is 0 Å². The van der Waals surface area contributed by atoms with Crippen LogP contribution in [-0.2, 0) is 7.05 Å². The lowest BCUT2D eigenvalue weighted by molar-refractivity contribution is 0.101. The molecule has 102 valence electrons. The van der Waals surface area contributed by atoms with Crippen molar-refractivity contribution in [2.45, 2.75) is 6.92 Å². The zero-order chi connectivity index (χ0) is 14.1. The Bertz CT molecular complexity index is 742. The monoisotopic (exact) mass is 288 g/mol. The predicted octanol–water partition coefficient (Wildman–Crippen LogP) is 1.83. The summed E-state index contributed by atoms with van der Waals surface area (Å²) in [4.78, 5) is 20.4.